The molecule has 0 aliphatic carbocycles. The topological polar surface area (TPSA) is 73.4 Å². The minimum Gasteiger partial charge on any atom is -0.385 e. The van der Waals surface area contributed by atoms with Gasteiger partial charge in [-0.3, -0.25) is 4.79 Å². The number of halogens is 1. The van der Waals surface area contributed by atoms with Gasteiger partial charge in [0.15, 0.2) is 0 Å². The maximum Gasteiger partial charge on any atom is 0.224 e. The first-order chi connectivity index (χ1) is 16.0. The molecule has 4 rings (SSSR count). The predicted octanol–water partition coefficient (Wildman–Crippen LogP) is 4.50. The second-order valence-electron chi connectivity index (χ2n) is 8.93. The van der Waals surface area contributed by atoms with E-state index in [1.165, 1.54) is 0 Å². The number of para-hydroxylation sites is 2. The quantitative estimate of drug-likeness (QED) is 0.428. The van der Waals surface area contributed by atoms with Crippen LogP contribution in [0.5, 0.6) is 0 Å². The first-order valence-electron chi connectivity index (χ1n) is 11.8. The number of nitrogens with zero attached hydrogens (tertiary/aromatic N) is 3. The highest BCUT2D eigenvalue weighted by atomic mass is 79.9. The van der Waals surface area contributed by atoms with Crippen LogP contribution in [0.3, 0.4) is 0 Å². The molecule has 1 fully saturated rings. The highest BCUT2D eigenvalue weighted by Crippen LogP contribution is 2.30. The van der Waals surface area contributed by atoms with Gasteiger partial charge in [-0.2, -0.15) is 0 Å². The zero-order valence-electron chi connectivity index (χ0n) is 19.3. The number of benzene rings is 2. The van der Waals surface area contributed by atoms with Gasteiger partial charge in [0.05, 0.1) is 11.0 Å². The molecule has 33 heavy (non-hydrogen) atoms. The van der Waals surface area contributed by atoms with Crippen LogP contribution < -0.4 is 5.73 Å². The SMILES string of the molecule is COCCCn1c([C@@H]2CCCN(C(=O)C[C@H](N)Cc3ccc(Br)cc3)C2)nc2ccccc21. The lowest BCUT2D eigenvalue weighted by molar-refractivity contribution is -0.132. The molecule has 1 amide bonds. The smallest absolute Gasteiger partial charge is 0.224 e. The molecule has 7 heteroatoms. The molecule has 0 saturated carbocycles. The summed E-state index contributed by atoms with van der Waals surface area (Å²) in [5.74, 6) is 1.47. The Labute approximate surface area is 204 Å². The van der Waals surface area contributed by atoms with E-state index >= 15 is 0 Å². The van der Waals surface area contributed by atoms with Gasteiger partial charge in [0.25, 0.3) is 0 Å². The summed E-state index contributed by atoms with van der Waals surface area (Å²) in [6.07, 6.45) is 4.03. The number of rotatable bonds is 9. The highest BCUT2D eigenvalue weighted by molar-refractivity contribution is 9.10. The molecule has 3 aromatic rings. The molecular weight excluding hydrogens is 480 g/mol. The molecule has 176 valence electrons. The van der Waals surface area contributed by atoms with Crippen LogP contribution in [0, 0.1) is 0 Å². The Hall–Kier alpha value is -2.22. The minimum absolute atomic E-state index is 0.145. The third kappa shape index (κ3) is 6.02. The molecule has 0 spiro atoms. The third-order valence-electron chi connectivity index (χ3n) is 6.40. The standard InChI is InChI=1S/C26H33BrN4O2/c1-33-15-5-14-31-24-8-3-2-7-23(24)29-26(31)20-6-4-13-30(18-20)25(32)17-22(28)16-19-9-11-21(27)12-10-19/h2-3,7-12,20,22H,4-6,13-18,28H2,1H3/t20-,22-/m1/s1. The molecule has 1 saturated heterocycles. The third-order valence-corrected chi connectivity index (χ3v) is 6.93. The Bertz CT molecular complexity index is 1070. The van der Waals surface area contributed by atoms with Crippen LogP contribution in [0.25, 0.3) is 11.0 Å². The summed E-state index contributed by atoms with van der Waals surface area (Å²) in [7, 11) is 1.74. The summed E-state index contributed by atoms with van der Waals surface area (Å²) in [6.45, 7) is 3.09. The number of carbonyl (C=O) groups excluding carboxylic acids is 1. The van der Waals surface area contributed by atoms with E-state index in [1.807, 2.05) is 23.1 Å². The monoisotopic (exact) mass is 512 g/mol. The van der Waals surface area contributed by atoms with E-state index in [2.05, 4.69) is 50.8 Å². The van der Waals surface area contributed by atoms with Gasteiger partial charge in [0, 0.05) is 56.2 Å². The van der Waals surface area contributed by atoms with E-state index in [0.29, 0.717) is 19.4 Å². The van der Waals surface area contributed by atoms with Crippen molar-refractivity contribution in [1.82, 2.24) is 14.5 Å². The van der Waals surface area contributed by atoms with Gasteiger partial charge in [0.2, 0.25) is 5.91 Å². The summed E-state index contributed by atoms with van der Waals surface area (Å²) in [5, 5.41) is 0. The number of aryl methyl sites for hydroxylation is 1. The number of aromatic nitrogens is 2. The van der Waals surface area contributed by atoms with E-state index in [-0.39, 0.29) is 17.9 Å². The molecule has 0 unspecified atom stereocenters. The summed E-state index contributed by atoms with van der Waals surface area (Å²) >= 11 is 3.46. The average molecular weight is 513 g/mol. The maximum atomic E-state index is 13.1. The normalized spacial score (nSPS) is 17.4. The second-order valence-corrected chi connectivity index (χ2v) is 9.85. The molecule has 0 radical (unpaired) electrons. The lowest BCUT2D eigenvalue weighted by Gasteiger charge is -2.33. The number of hydrogen-bond donors (Lipinski definition) is 1. The van der Waals surface area contributed by atoms with Gasteiger partial charge in [0.1, 0.15) is 5.82 Å². The number of methoxy groups -OCH3 is 1. The van der Waals surface area contributed by atoms with Gasteiger partial charge < -0.3 is 19.9 Å². The highest BCUT2D eigenvalue weighted by Gasteiger charge is 2.29. The Morgan fingerprint density at radius 3 is 2.82 bits per heavy atom. The van der Waals surface area contributed by atoms with E-state index in [9.17, 15) is 4.79 Å². The van der Waals surface area contributed by atoms with Crippen molar-refractivity contribution >= 4 is 32.9 Å². The number of nitrogens with two attached hydrogens (primary N) is 1. The van der Waals surface area contributed by atoms with Crippen molar-refractivity contribution in [2.24, 2.45) is 5.73 Å². The lowest BCUT2D eigenvalue weighted by atomic mass is 9.96. The van der Waals surface area contributed by atoms with Crippen molar-refractivity contribution in [3.8, 4) is 0 Å². The zero-order valence-corrected chi connectivity index (χ0v) is 20.8. The van der Waals surface area contributed by atoms with Crippen LogP contribution in [-0.2, 0) is 22.5 Å². The molecule has 1 aromatic heterocycles. The Balaban J connectivity index is 1.43. The van der Waals surface area contributed by atoms with Crippen LogP contribution >= 0.6 is 15.9 Å². The predicted molar refractivity (Wildman–Crippen MR) is 135 cm³/mol. The minimum atomic E-state index is -0.183. The fraction of sp³-hybridized carbons (Fsp3) is 0.462. The van der Waals surface area contributed by atoms with E-state index in [0.717, 1.165) is 65.9 Å². The fourth-order valence-corrected chi connectivity index (χ4v) is 5.04. The molecule has 2 N–H and O–H groups in total. The van der Waals surface area contributed by atoms with Crippen molar-refractivity contribution in [1.29, 1.82) is 0 Å². The lowest BCUT2D eigenvalue weighted by Crippen LogP contribution is -2.42. The number of piperidine rings is 1. The van der Waals surface area contributed by atoms with Crippen LogP contribution in [0.1, 0.15) is 43.0 Å². The molecule has 0 bridgehead atoms. The summed E-state index contributed by atoms with van der Waals surface area (Å²) in [6, 6.07) is 16.2. The van der Waals surface area contributed by atoms with Crippen molar-refractivity contribution in [3.63, 3.8) is 0 Å². The molecular formula is C26H33BrN4O2. The van der Waals surface area contributed by atoms with Gasteiger partial charge in [-0.1, -0.05) is 40.2 Å². The van der Waals surface area contributed by atoms with Crippen molar-refractivity contribution in [3.05, 3.63) is 64.4 Å². The van der Waals surface area contributed by atoms with Gasteiger partial charge >= 0.3 is 0 Å². The molecule has 6 nitrogen and oxygen atoms in total. The first-order valence-corrected chi connectivity index (χ1v) is 12.6. The molecule has 1 aliphatic heterocycles. The number of amides is 1. The number of likely N-dealkylation sites (tertiary alicyclic amines) is 1. The first kappa shape index (κ1) is 23.9. The van der Waals surface area contributed by atoms with E-state index < -0.39 is 0 Å². The summed E-state index contributed by atoms with van der Waals surface area (Å²) in [5.41, 5.74) is 9.68. The van der Waals surface area contributed by atoms with E-state index in [1.54, 1.807) is 7.11 Å². The second kappa shape index (κ2) is 11.3. The van der Waals surface area contributed by atoms with Crippen LogP contribution in [0.2, 0.25) is 0 Å². The summed E-state index contributed by atoms with van der Waals surface area (Å²) in [4.78, 5) is 20.1. The van der Waals surface area contributed by atoms with Crippen molar-refractivity contribution in [2.45, 2.75) is 50.6 Å². The van der Waals surface area contributed by atoms with Gasteiger partial charge in [-0.15, -0.1) is 0 Å². The number of hydrogen-bond acceptors (Lipinski definition) is 4. The number of carbonyl (C=O) groups is 1. The number of imidazole rings is 1. The van der Waals surface area contributed by atoms with E-state index in [4.69, 9.17) is 15.5 Å². The van der Waals surface area contributed by atoms with Crippen LogP contribution in [0.15, 0.2) is 53.0 Å². The van der Waals surface area contributed by atoms with Gasteiger partial charge in [-0.25, -0.2) is 4.98 Å². The largest absolute Gasteiger partial charge is 0.385 e. The van der Waals surface area contributed by atoms with Crippen molar-refractivity contribution < 1.29 is 9.53 Å². The molecule has 2 aromatic carbocycles. The zero-order chi connectivity index (χ0) is 23.2. The van der Waals surface area contributed by atoms with Crippen LogP contribution in [0.4, 0.5) is 0 Å². The Kier molecular flexibility index (Phi) is 8.17. The molecule has 2 atom stereocenters. The van der Waals surface area contributed by atoms with Gasteiger partial charge in [-0.05, 0) is 55.5 Å². The Morgan fingerprint density at radius 1 is 1.24 bits per heavy atom. The molecule has 1 aliphatic rings. The Morgan fingerprint density at radius 2 is 2.03 bits per heavy atom. The van der Waals surface area contributed by atoms with Crippen molar-refractivity contribution in [2.75, 3.05) is 26.8 Å². The molecule has 2 heterocycles. The number of fused-ring (bicyclic) bond motifs is 1. The summed E-state index contributed by atoms with van der Waals surface area (Å²) < 4.78 is 8.64. The number of ether oxygens (including phenoxy) is 1. The maximum absolute atomic E-state index is 13.1. The van der Waals surface area contributed by atoms with Crippen LogP contribution in [-0.4, -0.2) is 53.2 Å². The average Bonchev–Trinajstić information content (AvgIpc) is 3.19. The fourth-order valence-electron chi connectivity index (χ4n) is 4.77.